The number of benzene rings is 4. The minimum atomic E-state index is 0.235. The molecule has 4 aromatic carbocycles. The van der Waals surface area contributed by atoms with Gasteiger partial charge in [-0.3, -0.25) is 0 Å². The average molecular weight is 426 g/mol. The van der Waals surface area contributed by atoms with Gasteiger partial charge in [0, 0.05) is 28.1 Å². The zero-order valence-corrected chi connectivity index (χ0v) is 18.2. The lowest BCUT2D eigenvalue weighted by molar-refractivity contribution is 1.28. The molecule has 0 unspecified atom stereocenters. The van der Waals surface area contributed by atoms with Gasteiger partial charge in [-0.2, -0.15) is 0 Å². The molecule has 0 atom stereocenters. The summed E-state index contributed by atoms with van der Waals surface area (Å²) in [4.78, 5) is 4.87. The van der Waals surface area contributed by atoms with Crippen LogP contribution < -0.4 is 26.2 Å². The first-order chi connectivity index (χ1) is 15.9. The molecule has 2 nitrogen and oxygen atoms in total. The second-order valence-electron chi connectivity index (χ2n) is 8.23. The molecule has 0 saturated carbocycles. The van der Waals surface area contributed by atoms with Gasteiger partial charge >= 0.3 is 0 Å². The van der Waals surface area contributed by atoms with Crippen LogP contribution in [-0.2, 0) is 0 Å². The largest absolute Gasteiger partial charge is 0.311 e. The van der Waals surface area contributed by atoms with E-state index in [0.717, 1.165) is 0 Å². The van der Waals surface area contributed by atoms with Gasteiger partial charge in [0.1, 0.15) is 0 Å². The van der Waals surface area contributed by atoms with Crippen molar-refractivity contribution in [2.75, 3.05) is 9.80 Å². The summed E-state index contributed by atoms with van der Waals surface area (Å²) in [6.45, 7) is 0.235. The summed E-state index contributed by atoms with van der Waals surface area (Å²) >= 11 is 1.84. The van der Waals surface area contributed by atoms with E-state index in [1.54, 1.807) is 0 Å². The van der Waals surface area contributed by atoms with Crippen molar-refractivity contribution in [1.82, 2.24) is 0 Å². The Bertz CT molecular complexity index is 1340. The van der Waals surface area contributed by atoms with Crippen molar-refractivity contribution < 1.29 is 0 Å². The van der Waals surface area contributed by atoms with Crippen molar-refractivity contribution in [1.29, 1.82) is 0 Å². The molecule has 5 aromatic rings. The van der Waals surface area contributed by atoms with Crippen molar-refractivity contribution in [3.05, 3.63) is 115 Å². The Morgan fingerprint density at radius 2 is 1.00 bits per heavy atom. The van der Waals surface area contributed by atoms with Gasteiger partial charge in [-0.05, 0) is 52.8 Å². The molecule has 3 heterocycles. The molecule has 150 valence electrons. The predicted octanol–water partition coefficient (Wildman–Crippen LogP) is 5.83. The van der Waals surface area contributed by atoms with Gasteiger partial charge in [-0.1, -0.05) is 72.8 Å². The highest BCUT2D eigenvalue weighted by Crippen LogP contribution is 2.46. The zero-order chi connectivity index (χ0) is 21.1. The highest BCUT2D eigenvalue weighted by molar-refractivity contribution is 7.19. The maximum absolute atomic E-state index is 2.44. The third-order valence-electron chi connectivity index (χ3n) is 6.53. The lowest BCUT2D eigenvalue weighted by Crippen LogP contribution is -2.60. The molecular formula is C28H19BN2S. The van der Waals surface area contributed by atoms with E-state index >= 15 is 0 Å². The number of nitrogens with zero attached hydrogens (tertiary/aromatic N) is 2. The first kappa shape index (κ1) is 17.9. The standard InChI is InChI=1S/C28H19BN2S/c1-3-11-20(12-4-1)30-24-17-9-7-15-22(24)29-23-16-8-10-18-25(23)31(21-13-5-2-6-14-21)28-27(29)26(30)19-32-28/h1-19H. The van der Waals surface area contributed by atoms with Gasteiger partial charge in [0.15, 0.2) is 0 Å². The second-order valence-corrected chi connectivity index (χ2v) is 9.09. The quantitative estimate of drug-likeness (QED) is 0.321. The Labute approximate surface area is 192 Å². The van der Waals surface area contributed by atoms with Crippen LogP contribution in [0.15, 0.2) is 115 Å². The van der Waals surface area contributed by atoms with E-state index in [2.05, 4.69) is 124 Å². The Balaban J connectivity index is 1.55. The van der Waals surface area contributed by atoms with Gasteiger partial charge in [-0.15, -0.1) is 11.3 Å². The average Bonchev–Trinajstić information content (AvgIpc) is 3.29. The fraction of sp³-hybridized carbons (Fsp3) is 0. The topological polar surface area (TPSA) is 6.48 Å². The van der Waals surface area contributed by atoms with Crippen molar-refractivity contribution in [2.45, 2.75) is 0 Å². The molecular weight excluding hydrogens is 407 g/mol. The highest BCUT2D eigenvalue weighted by atomic mass is 32.1. The molecule has 1 aromatic heterocycles. The first-order valence-corrected chi connectivity index (χ1v) is 11.8. The Morgan fingerprint density at radius 1 is 0.500 bits per heavy atom. The van der Waals surface area contributed by atoms with E-state index in [1.807, 2.05) is 11.3 Å². The van der Waals surface area contributed by atoms with E-state index in [0.29, 0.717) is 0 Å². The highest BCUT2D eigenvalue weighted by Gasteiger charge is 2.43. The van der Waals surface area contributed by atoms with E-state index in [4.69, 9.17) is 0 Å². The molecule has 0 saturated heterocycles. The van der Waals surface area contributed by atoms with E-state index in [9.17, 15) is 0 Å². The van der Waals surface area contributed by atoms with Crippen LogP contribution in [0.4, 0.5) is 33.4 Å². The summed E-state index contributed by atoms with van der Waals surface area (Å²) in [6, 6.07) is 39.2. The fourth-order valence-corrected chi connectivity index (χ4v) is 6.36. The molecule has 2 aliphatic heterocycles. The molecule has 0 N–H and O–H groups in total. The molecule has 32 heavy (non-hydrogen) atoms. The van der Waals surface area contributed by atoms with Crippen LogP contribution in [0.25, 0.3) is 0 Å². The molecule has 0 amide bonds. The third kappa shape index (κ3) is 2.41. The van der Waals surface area contributed by atoms with Crippen molar-refractivity contribution in [2.24, 2.45) is 0 Å². The minimum Gasteiger partial charge on any atom is -0.311 e. The number of rotatable bonds is 2. The van der Waals surface area contributed by atoms with E-state index < -0.39 is 0 Å². The third-order valence-corrected chi connectivity index (χ3v) is 7.49. The Morgan fingerprint density at radius 3 is 1.62 bits per heavy atom. The molecule has 2 aliphatic rings. The summed E-state index contributed by atoms with van der Waals surface area (Å²) in [5.41, 5.74) is 10.4. The summed E-state index contributed by atoms with van der Waals surface area (Å²) in [7, 11) is 0. The van der Waals surface area contributed by atoms with Gasteiger partial charge in [-0.25, -0.2) is 0 Å². The number of para-hydroxylation sites is 4. The van der Waals surface area contributed by atoms with Crippen molar-refractivity contribution in [3.63, 3.8) is 0 Å². The van der Waals surface area contributed by atoms with Crippen LogP contribution >= 0.6 is 11.3 Å². The normalized spacial score (nSPS) is 13.4. The molecule has 0 bridgehead atoms. The van der Waals surface area contributed by atoms with E-state index in [-0.39, 0.29) is 6.71 Å². The molecule has 4 heteroatoms. The number of hydrogen-bond acceptors (Lipinski definition) is 3. The molecule has 0 radical (unpaired) electrons. The smallest absolute Gasteiger partial charge is 0.253 e. The van der Waals surface area contributed by atoms with E-state index in [1.165, 1.54) is 49.8 Å². The summed E-state index contributed by atoms with van der Waals surface area (Å²) in [5, 5.41) is 3.65. The molecule has 0 spiro atoms. The number of fused-ring (bicyclic) bond motifs is 4. The van der Waals surface area contributed by atoms with Crippen LogP contribution in [0.5, 0.6) is 0 Å². The molecule has 7 rings (SSSR count). The van der Waals surface area contributed by atoms with Crippen LogP contribution in [0.2, 0.25) is 0 Å². The van der Waals surface area contributed by atoms with Crippen LogP contribution in [0, 0.1) is 0 Å². The number of hydrogen-bond donors (Lipinski definition) is 0. The molecule has 0 fully saturated rings. The summed E-state index contributed by atoms with van der Waals surface area (Å²) in [6.07, 6.45) is 0. The fourth-order valence-electron chi connectivity index (χ4n) is 5.24. The van der Waals surface area contributed by atoms with Gasteiger partial charge < -0.3 is 9.80 Å². The van der Waals surface area contributed by atoms with Gasteiger partial charge in [0.05, 0.1) is 10.7 Å². The predicted molar refractivity (Wildman–Crippen MR) is 138 cm³/mol. The second kappa shape index (κ2) is 6.88. The summed E-state index contributed by atoms with van der Waals surface area (Å²) in [5.74, 6) is 0. The SMILES string of the molecule is c1ccc(N2c3ccccc3B3c4ccccc4N(c4ccccc4)c4scc2c43)cc1. The van der Waals surface area contributed by atoms with Gasteiger partial charge in [0.25, 0.3) is 6.71 Å². The van der Waals surface area contributed by atoms with Crippen molar-refractivity contribution in [3.8, 4) is 0 Å². The van der Waals surface area contributed by atoms with Crippen LogP contribution in [0.3, 0.4) is 0 Å². The Kier molecular flexibility index (Phi) is 3.84. The maximum atomic E-state index is 2.44. The van der Waals surface area contributed by atoms with Crippen LogP contribution in [-0.4, -0.2) is 6.71 Å². The number of anilines is 6. The van der Waals surface area contributed by atoms with Crippen molar-refractivity contribution >= 4 is 67.9 Å². The van der Waals surface area contributed by atoms with Crippen LogP contribution in [0.1, 0.15) is 0 Å². The lowest BCUT2D eigenvalue weighted by Gasteiger charge is -2.41. The lowest BCUT2D eigenvalue weighted by atomic mass is 9.34. The zero-order valence-electron chi connectivity index (χ0n) is 17.3. The Hall–Kier alpha value is -3.76. The van der Waals surface area contributed by atoms with Gasteiger partial charge in [0.2, 0.25) is 0 Å². The molecule has 0 aliphatic carbocycles. The monoisotopic (exact) mass is 426 g/mol. The maximum Gasteiger partial charge on any atom is 0.253 e. The minimum absolute atomic E-state index is 0.235. The first-order valence-electron chi connectivity index (χ1n) is 10.9. The summed E-state index contributed by atoms with van der Waals surface area (Å²) < 4.78 is 0. The number of thiophene rings is 1.